The number of benzene rings is 1. The van der Waals surface area contributed by atoms with Crippen molar-refractivity contribution in [3.63, 3.8) is 0 Å². The van der Waals surface area contributed by atoms with E-state index in [0.717, 1.165) is 17.1 Å². The highest BCUT2D eigenvalue weighted by Crippen LogP contribution is 2.11. The molecule has 0 saturated carbocycles. The van der Waals surface area contributed by atoms with Gasteiger partial charge in [-0.1, -0.05) is 12.1 Å². The molecular weight excluding hydrogens is 257 g/mol. The zero-order valence-corrected chi connectivity index (χ0v) is 11.7. The molecule has 0 saturated heterocycles. The summed E-state index contributed by atoms with van der Waals surface area (Å²) in [4.78, 5) is 13.6. The van der Waals surface area contributed by atoms with Crippen LogP contribution in [0.5, 0.6) is 0 Å². The van der Waals surface area contributed by atoms with E-state index in [2.05, 4.69) is 0 Å². The van der Waals surface area contributed by atoms with Crippen LogP contribution in [0.1, 0.15) is 23.5 Å². The van der Waals surface area contributed by atoms with E-state index in [1.54, 1.807) is 18.0 Å². The SMILES string of the molecule is Cc1ccc(CN(C)C(=O)CCc2cccc(F)c2)o1. The molecule has 2 rings (SSSR count). The van der Waals surface area contributed by atoms with E-state index in [9.17, 15) is 9.18 Å². The van der Waals surface area contributed by atoms with E-state index in [-0.39, 0.29) is 11.7 Å². The predicted octanol–water partition coefficient (Wildman–Crippen LogP) is 3.32. The summed E-state index contributed by atoms with van der Waals surface area (Å²) in [6.07, 6.45) is 0.901. The summed E-state index contributed by atoms with van der Waals surface area (Å²) in [6, 6.07) is 10.1. The number of halogens is 1. The van der Waals surface area contributed by atoms with Gasteiger partial charge in [0.2, 0.25) is 5.91 Å². The molecule has 0 aliphatic rings. The summed E-state index contributed by atoms with van der Waals surface area (Å²) < 4.78 is 18.5. The molecule has 1 amide bonds. The summed E-state index contributed by atoms with van der Waals surface area (Å²) in [5, 5.41) is 0. The van der Waals surface area contributed by atoms with Gasteiger partial charge < -0.3 is 9.32 Å². The third-order valence-corrected chi connectivity index (χ3v) is 3.13. The van der Waals surface area contributed by atoms with Gasteiger partial charge in [-0.05, 0) is 43.2 Å². The topological polar surface area (TPSA) is 33.5 Å². The minimum atomic E-state index is -0.269. The second kappa shape index (κ2) is 6.37. The van der Waals surface area contributed by atoms with E-state index in [1.807, 2.05) is 25.1 Å². The van der Waals surface area contributed by atoms with Gasteiger partial charge in [-0.25, -0.2) is 4.39 Å². The number of amides is 1. The number of hydrogen-bond acceptors (Lipinski definition) is 2. The van der Waals surface area contributed by atoms with Crippen LogP contribution in [-0.4, -0.2) is 17.9 Å². The Bertz CT molecular complexity index is 592. The highest BCUT2D eigenvalue weighted by molar-refractivity contribution is 5.76. The highest BCUT2D eigenvalue weighted by atomic mass is 19.1. The lowest BCUT2D eigenvalue weighted by Crippen LogP contribution is -2.26. The van der Waals surface area contributed by atoms with Gasteiger partial charge in [0.25, 0.3) is 0 Å². The van der Waals surface area contributed by atoms with Crippen molar-refractivity contribution < 1.29 is 13.6 Å². The predicted molar refractivity (Wildman–Crippen MR) is 74.6 cm³/mol. The Balaban J connectivity index is 1.85. The molecule has 1 heterocycles. The van der Waals surface area contributed by atoms with Crippen LogP contribution in [-0.2, 0) is 17.8 Å². The van der Waals surface area contributed by atoms with Gasteiger partial charge in [0, 0.05) is 13.5 Å². The first kappa shape index (κ1) is 14.3. The zero-order chi connectivity index (χ0) is 14.5. The van der Waals surface area contributed by atoms with Crippen molar-refractivity contribution in [1.82, 2.24) is 4.90 Å². The molecule has 0 aliphatic heterocycles. The first-order chi connectivity index (χ1) is 9.54. The van der Waals surface area contributed by atoms with Crippen molar-refractivity contribution in [3.05, 3.63) is 59.3 Å². The average molecular weight is 275 g/mol. The monoisotopic (exact) mass is 275 g/mol. The molecule has 4 heteroatoms. The minimum Gasteiger partial charge on any atom is -0.464 e. The second-order valence-electron chi connectivity index (χ2n) is 4.89. The molecular formula is C16H18FNO2. The molecule has 3 nitrogen and oxygen atoms in total. The largest absolute Gasteiger partial charge is 0.464 e. The Morgan fingerprint density at radius 1 is 1.30 bits per heavy atom. The molecule has 0 atom stereocenters. The number of furan rings is 1. The quantitative estimate of drug-likeness (QED) is 0.838. The van der Waals surface area contributed by atoms with E-state index in [4.69, 9.17) is 4.42 Å². The molecule has 1 aromatic heterocycles. The Kier molecular flexibility index (Phi) is 4.56. The van der Waals surface area contributed by atoms with Crippen LogP contribution in [0.15, 0.2) is 40.8 Å². The molecule has 1 aromatic carbocycles. The first-order valence-corrected chi connectivity index (χ1v) is 6.58. The summed E-state index contributed by atoms with van der Waals surface area (Å²) in [6.45, 7) is 2.32. The van der Waals surface area contributed by atoms with Crippen molar-refractivity contribution in [2.45, 2.75) is 26.3 Å². The summed E-state index contributed by atoms with van der Waals surface area (Å²) in [7, 11) is 1.74. The maximum Gasteiger partial charge on any atom is 0.223 e. The number of rotatable bonds is 5. The van der Waals surface area contributed by atoms with Gasteiger partial charge in [0.05, 0.1) is 6.54 Å². The summed E-state index contributed by atoms with van der Waals surface area (Å²) in [5.74, 6) is 1.35. The lowest BCUT2D eigenvalue weighted by atomic mass is 10.1. The van der Waals surface area contributed by atoms with Gasteiger partial charge in [0.1, 0.15) is 17.3 Å². The molecule has 0 aliphatic carbocycles. The molecule has 2 aromatic rings. The molecule has 20 heavy (non-hydrogen) atoms. The Hall–Kier alpha value is -2.10. The van der Waals surface area contributed by atoms with Gasteiger partial charge >= 0.3 is 0 Å². The lowest BCUT2D eigenvalue weighted by molar-refractivity contribution is -0.130. The van der Waals surface area contributed by atoms with Crippen molar-refractivity contribution in [2.75, 3.05) is 7.05 Å². The molecule has 0 fully saturated rings. The van der Waals surface area contributed by atoms with Crippen LogP contribution in [0.25, 0.3) is 0 Å². The van der Waals surface area contributed by atoms with Crippen LogP contribution in [0.3, 0.4) is 0 Å². The van der Waals surface area contributed by atoms with Gasteiger partial charge in [-0.3, -0.25) is 4.79 Å². The fraction of sp³-hybridized carbons (Fsp3) is 0.312. The number of nitrogens with zero attached hydrogens (tertiary/aromatic N) is 1. The van der Waals surface area contributed by atoms with Crippen molar-refractivity contribution in [2.24, 2.45) is 0 Å². The molecule has 0 radical (unpaired) electrons. The third kappa shape index (κ3) is 3.95. The van der Waals surface area contributed by atoms with Gasteiger partial charge in [-0.15, -0.1) is 0 Å². The van der Waals surface area contributed by atoms with Gasteiger partial charge in [-0.2, -0.15) is 0 Å². The van der Waals surface area contributed by atoms with Crippen LogP contribution in [0, 0.1) is 12.7 Å². The first-order valence-electron chi connectivity index (χ1n) is 6.58. The Labute approximate surface area is 118 Å². The van der Waals surface area contributed by atoms with E-state index >= 15 is 0 Å². The minimum absolute atomic E-state index is 0.0170. The van der Waals surface area contributed by atoms with Crippen LogP contribution in [0.2, 0.25) is 0 Å². The van der Waals surface area contributed by atoms with Crippen molar-refractivity contribution in [1.29, 1.82) is 0 Å². The number of hydrogen-bond donors (Lipinski definition) is 0. The lowest BCUT2D eigenvalue weighted by Gasteiger charge is -2.15. The van der Waals surface area contributed by atoms with Gasteiger partial charge in [0.15, 0.2) is 0 Å². The van der Waals surface area contributed by atoms with Crippen LogP contribution in [0.4, 0.5) is 4.39 Å². The van der Waals surface area contributed by atoms with Crippen LogP contribution < -0.4 is 0 Å². The second-order valence-corrected chi connectivity index (χ2v) is 4.89. The maximum atomic E-state index is 13.0. The highest BCUT2D eigenvalue weighted by Gasteiger charge is 2.11. The molecule has 0 bridgehead atoms. The number of aryl methyl sites for hydroxylation is 2. The zero-order valence-electron chi connectivity index (χ0n) is 11.7. The fourth-order valence-electron chi connectivity index (χ4n) is 2.03. The van der Waals surface area contributed by atoms with E-state index in [1.165, 1.54) is 12.1 Å². The summed E-state index contributed by atoms with van der Waals surface area (Å²) in [5.41, 5.74) is 0.834. The number of carbonyl (C=O) groups excluding carboxylic acids is 1. The Morgan fingerprint density at radius 2 is 2.10 bits per heavy atom. The van der Waals surface area contributed by atoms with Crippen molar-refractivity contribution in [3.8, 4) is 0 Å². The standard InChI is InChI=1S/C16H18FNO2/c1-12-6-8-15(20-12)11-18(2)16(19)9-7-13-4-3-5-14(17)10-13/h3-6,8,10H,7,9,11H2,1-2H3. The van der Waals surface area contributed by atoms with E-state index < -0.39 is 0 Å². The number of carbonyl (C=O) groups is 1. The normalized spacial score (nSPS) is 10.6. The average Bonchev–Trinajstić information content (AvgIpc) is 2.81. The third-order valence-electron chi connectivity index (χ3n) is 3.13. The van der Waals surface area contributed by atoms with E-state index in [0.29, 0.717) is 19.4 Å². The fourth-order valence-corrected chi connectivity index (χ4v) is 2.03. The Morgan fingerprint density at radius 3 is 2.75 bits per heavy atom. The smallest absolute Gasteiger partial charge is 0.223 e. The molecule has 0 spiro atoms. The maximum absolute atomic E-state index is 13.0. The molecule has 106 valence electrons. The van der Waals surface area contributed by atoms with Crippen molar-refractivity contribution >= 4 is 5.91 Å². The molecule has 0 unspecified atom stereocenters. The summed E-state index contributed by atoms with van der Waals surface area (Å²) >= 11 is 0. The molecule has 0 N–H and O–H groups in total. The van der Waals surface area contributed by atoms with Crippen LogP contribution >= 0.6 is 0 Å².